The predicted octanol–water partition coefficient (Wildman–Crippen LogP) is 4.53. The van der Waals surface area contributed by atoms with E-state index < -0.39 is 17.8 Å². The Kier molecular flexibility index (Phi) is 7.13. The zero-order valence-electron chi connectivity index (χ0n) is 17.7. The van der Waals surface area contributed by atoms with Crippen LogP contribution in [0.1, 0.15) is 58.8 Å². The van der Waals surface area contributed by atoms with Gasteiger partial charge in [0.1, 0.15) is 0 Å². The summed E-state index contributed by atoms with van der Waals surface area (Å²) in [5.74, 6) is -2.53. The number of hydrogen-bond acceptors (Lipinski definition) is 3. The second-order valence-corrected chi connectivity index (χ2v) is 8.52. The van der Waals surface area contributed by atoms with E-state index in [1.165, 1.54) is 6.42 Å². The summed E-state index contributed by atoms with van der Waals surface area (Å²) in [6, 6.07) is 6.88. The normalized spacial score (nSPS) is 22.3. The van der Waals surface area contributed by atoms with E-state index in [1.807, 2.05) is 13.8 Å². The first-order chi connectivity index (χ1) is 14.3. The standard InChI is InChI=1S/C23H31N3O4/c1-14-12-19(20(22(28)29)13-15(14)2)21(27)24-17-8-10-18(11-9-17)26-23(30)25-16-6-4-3-5-7-16/h8-11,16,19-20H,3-7,12-13H2,1-2H3,(H,24,27)(H,28,29)(H2,25,26,30)/t19-,20+/m0/s1. The van der Waals surface area contributed by atoms with Crippen LogP contribution in [0.3, 0.4) is 0 Å². The molecule has 2 atom stereocenters. The largest absolute Gasteiger partial charge is 0.481 e. The highest BCUT2D eigenvalue weighted by molar-refractivity contribution is 5.96. The Morgan fingerprint density at radius 2 is 1.37 bits per heavy atom. The number of rotatable bonds is 5. The van der Waals surface area contributed by atoms with Gasteiger partial charge in [0, 0.05) is 17.4 Å². The van der Waals surface area contributed by atoms with Crippen molar-refractivity contribution in [1.29, 1.82) is 0 Å². The van der Waals surface area contributed by atoms with E-state index in [1.54, 1.807) is 24.3 Å². The number of carbonyl (C=O) groups excluding carboxylic acids is 2. The van der Waals surface area contributed by atoms with Gasteiger partial charge in [-0.25, -0.2) is 4.79 Å². The molecule has 0 bridgehead atoms. The van der Waals surface area contributed by atoms with Gasteiger partial charge in [0.25, 0.3) is 0 Å². The molecule has 0 spiro atoms. The Balaban J connectivity index is 1.56. The number of amides is 3. The van der Waals surface area contributed by atoms with Crippen molar-refractivity contribution in [2.45, 2.75) is 64.8 Å². The average molecular weight is 414 g/mol. The zero-order chi connectivity index (χ0) is 21.7. The number of benzene rings is 1. The van der Waals surface area contributed by atoms with Gasteiger partial charge in [0.2, 0.25) is 5.91 Å². The van der Waals surface area contributed by atoms with Crippen molar-refractivity contribution >= 4 is 29.3 Å². The molecule has 1 aromatic carbocycles. The average Bonchev–Trinajstić information content (AvgIpc) is 2.71. The molecule has 3 amide bonds. The van der Waals surface area contributed by atoms with Gasteiger partial charge in [-0.15, -0.1) is 0 Å². The van der Waals surface area contributed by atoms with Crippen LogP contribution >= 0.6 is 0 Å². The molecule has 2 aliphatic rings. The summed E-state index contributed by atoms with van der Waals surface area (Å²) in [4.78, 5) is 36.5. The van der Waals surface area contributed by atoms with E-state index in [4.69, 9.17) is 0 Å². The lowest BCUT2D eigenvalue weighted by molar-refractivity contribution is -0.146. The van der Waals surface area contributed by atoms with Crippen LogP contribution in [-0.4, -0.2) is 29.1 Å². The molecule has 1 aromatic rings. The smallest absolute Gasteiger partial charge is 0.319 e. The third kappa shape index (κ3) is 5.62. The van der Waals surface area contributed by atoms with Crippen LogP contribution in [0, 0.1) is 11.8 Å². The van der Waals surface area contributed by atoms with Gasteiger partial charge in [0.05, 0.1) is 11.8 Å². The molecule has 7 nitrogen and oxygen atoms in total. The van der Waals surface area contributed by atoms with E-state index in [2.05, 4.69) is 16.0 Å². The fourth-order valence-electron chi connectivity index (χ4n) is 4.30. The minimum atomic E-state index is -0.939. The van der Waals surface area contributed by atoms with Gasteiger partial charge in [0.15, 0.2) is 0 Å². The lowest BCUT2D eigenvalue weighted by atomic mass is 9.76. The van der Waals surface area contributed by atoms with Crippen molar-refractivity contribution in [1.82, 2.24) is 5.32 Å². The second kappa shape index (κ2) is 9.78. The molecule has 3 rings (SSSR count). The molecular weight excluding hydrogens is 382 g/mol. The molecule has 0 heterocycles. The number of allylic oxidation sites excluding steroid dienone is 2. The Hall–Kier alpha value is -2.83. The lowest BCUT2D eigenvalue weighted by Gasteiger charge is -2.29. The van der Waals surface area contributed by atoms with Crippen molar-refractivity contribution in [3.8, 4) is 0 Å². The molecule has 1 saturated carbocycles. The summed E-state index contributed by atoms with van der Waals surface area (Å²) >= 11 is 0. The van der Waals surface area contributed by atoms with Crippen LogP contribution in [-0.2, 0) is 9.59 Å². The highest BCUT2D eigenvalue weighted by Gasteiger charge is 2.37. The van der Waals surface area contributed by atoms with Crippen molar-refractivity contribution in [2.24, 2.45) is 11.8 Å². The molecule has 30 heavy (non-hydrogen) atoms. The molecule has 1 fully saturated rings. The quantitative estimate of drug-likeness (QED) is 0.532. The fourth-order valence-corrected chi connectivity index (χ4v) is 4.30. The summed E-state index contributed by atoms with van der Waals surface area (Å²) in [6.07, 6.45) is 6.43. The molecule has 0 saturated heterocycles. The number of anilines is 2. The van der Waals surface area contributed by atoms with E-state index >= 15 is 0 Å². The molecule has 7 heteroatoms. The molecule has 0 unspecified atom stereocenters. The number of aliphatic carboxylic acids is 1. The minimum absolute atomic E-state index is 0.220. The van der Waals surface area contributed by atoms with E-state index in [-0.39, 0.29) is 18.0 Å². The topological polar surface area (TPSA) is 108 Å². The van der Waals surface area contributed by atoms with Gasteiger partial charge in [-0.1, -0.05) is 30.4 Å². The number of nitrogens with one attached hydrogen (secondary N) is 3. The van der Waals surface area contributed by atoms with Gasteiger partial charge in [-0.05, 0) is 63.8 Å². The number of carboxylic acids is 1. The Labute approximate surface area is 177 Å². The van der Waals surface area contributed by atoms with Gasteiger partial charge in [-0.2, -0.15) is 0 Å². The Morgan fingerprint density at radius 3 is 1.93 bits per heavy atom. The maximum Gasteiger partial charge on any atom is 0.319 e. The van der Waals surface area contributed by atoms with Crippen LogP contribution in [0.5, 0.6) is 0 Å². The summed E-state index contributed by atoms with van der Waals surface area (Å²) in [6.45, 7) is 3.88. The first-order valence-corrected chi connectivity index (χ1v) is 10.7. The second-order valence-electron chi connectivity index (χ2n) is 8.52. The Morgan fingerprint density at radius 1 is 0.833 bits per heavy atom. The lowest BCUT2D eigenvalue weighted by Crippen LogP contribution is -2.39. The summed E-state index contributed by atoms with van der Waals surface area (Å²) < 4.78 is 0. The zero-order valence-corrected chi connectivity index (χ0v) is 17.7. The number of carbonyl (C=O) groups is 3. The van der Waals surface area contributed by atoms with E-state index in [9.17, 15) is 19.5 Å². The highest BCUT2D eigenvalue weighted by atomic mass is 16.4. The fraction of sp³-hybridized carbons (Fsp3) is 0.522. The van der Waals surface area contributed by atoms with Crippen LogP contribution in [0.4, 0.5) is 16.2 Å². The summed E-state index contributed by atoms with van der Waals surface area (Å²) in [5, 5.41) is 18.2. The van der Waals surface area contributed by atoms with Crippen molar-refractivity contribution in [3.05, 3.63) is 35.4 Å². The molecule has 0 aliphatic heterocycles. The van der Waals surface area contributed by atoms with E-state index in [0.29, 0.717) is 24.2 Å². The predicted molar refractivity (Wildman–Crippen MR) is 116 cm³/mol. The first-order valence-electron chi connectivity index (χ1n) is 10.7. The number of urea groups is 1. The van der Waals surface area contributed by atoms with Crippen molar-refractivity contribution in [3.63, 3.8) is 0 Å². The van der Waals surface area contributed by atoms with Gasteiger partial charge in [-0.3, -0.25) is 9.59 Å². The third-order valence-corrected chi connectivity index (χ3v) is 6.27. The van der Waals surface area contributed by atoms with Crippen LogP contribution in [0.15, 0.2) is 35.4 Å². The maximum atomic E-state index is 12.7. The summed E-state index contributed by atoms with van der Waals surface area (Å²) in [7, 11) is 0. The highest BCUT2D eigenvalue weighted by Crippen LogP contribution is 2.35. The van der Waals surface area contributed by atoms with E-state index in [0.717, 1.165) is 36.8 Å². The Bertz CT molecular complexity index is 825. The van der Waals surface area contributed by atoms with Crippen LogP contribution in [0.25, 0.3) is 0 Å². The monoisotopic (exact) mass is 413 g/mol. The molecule has 0 radical (unpaired) electrons. The number of hydrogen-bond donors (Lipinski definition) is 4. The third-order valence-electron chi connectivity index (χ3n) is 6.27. The molecule has 2 aliphatic carbocycles. The van der Waals surface area contributed by atoms with Gasteiger partial charge >= 0.3 is 12.0 Å². The molecule has 0 aromatic heterocycles. The van der Waals surface area contributed by atoms with Gasteiger partial charge < -0.3 is 21.1 Å². The maximum absolute atomic E-state index is 12.7. The van der Waals surface area contributed by atoms with Crippen LogP contribution < -0.4 is 16.0 Å². The molecular formula is C23H31N3O4. The SMILES string of the molecule is CC1=C(C)C[C@@H](C(=O)O)[C@@H](C(=O)Nc2ccc(NC(=O)NC3CCCCC3)cc2)C1. The van der Waals surface area contributed by atoms with Crippen LogP contribution in [0.2, 0.25) is 0 Å². The number of carboxylic acid groups (broad SMARTS) is 1. The summed E-state index contributed by atoms with van der Waals surface area (Å²) in [5.41, 5.74) is 3.34. The first kappa shape index (κ1) is 21.9. The minimum Gasteiger partial charge on any atom is -0.481 e. The van der Waals surface area contributed by atoms with Crippen molar-refractivity contribution < 1.29 is 19.5 Å². The van der Waals surface area contributed by atoms with Crippen molar-refractivity contribution in [2.75, 3.05) is 10.6 Å². The molecule has 4 N–H and O–H groups in total. The molecule has 162 valence electrons.